The number of benzene rings is 2. The number of hydrogen-bond donors (Lipinski definition) is 1. The predicted molar refractivity (Wildman–Crippen MR) is 106 cm³/mol. The first-order valence-corrected chi connectivity index (χ1v) is 8.62. The van der Waals surface area contributed by atoms with Crippen molar-refractivity contribution in [3.05, 3.63) is 64.2 Å². The number of aryl methyl sites for hydroxylation is 1. The Kier molecular flexibility index (Phi) is 5.48. The minimum absolute atomic E-state index is 0.0932. The highest BCUT2D eigenvalue weighted by atomic mass is 35.5. The number of hydrogen-bond acceptors (Lipinski definition) is 4. The Balaban J connectivity index is 1.97. The molecule has 7 heteroatoms. The first-order chi connectivity index (χ1) is 13.4. The molecule has 0 spiro atoms. The number of nitrogens with one attached hydrogen (secondary N) is 1. The number of terminal acetylenes is 1. The van der Waals surface area contributed by atoms with E-state index in [1.807, 2.05) is 0 Å². The van der Waals surface area contributed by atoms with Crippen LogP contribution >= 0.6 is 11.6 Å². The molecule has 2 aromatic carbocycles. The van der Waals surface area contributed by atoms with Crippen LogP contribution < -0.4 is 15.0 Å². The number of rotatable bonds is 4. The molecule has 0 unspecified atom stereocenters. The van der Waals surface area contributed by atoms with E-state index in [0.717, 1.165) is 10.5 Å². The van der Waals surface area contributed by atoms with Gasteiger partial charge in [-0.25, -0.2) is 9.69 Å². The first-order valence-electron chi connectivity index (χ1n) is 8.24. The lowest BCUT2D eigenvalue weighted by atomic mass is 10.1. The summed E-state index contributed by atoms with van der Waals surface area (Å²) in [5.41, 5.74) is 1.42. The van der Waals surface area contributed by atoms with Gasteiger partial charge in [-0.2, -0.15) is 0 Å². The Labute approximate surface area is 166 Å². The van der Waals surface area contributed by atoms with Gasteiger partial charge in [-0.3, -0.25) is 14.9 Å². The van der Waals surface area contributed by atoms with Gasteiger partial charge in [0.05, 0.1) is 5.69 Å². The van der Waals surface area contributed by atoms with E-state index in [1.54, 1.807) is 43.3 Å². The van der Waals surface area contributed by atoms with Crippen molar-refractivity contribution in [3.63, 3.8) is 0 Å². The molecule has 0 bridgehead atoms. The fraction of sp³-hybridized carbons (Fsp3) is 0.0952. The summed E-state index contributed by atoms with van der Waals surface area (Å²) in [5.74, 6) is 1.33. The molecule has 1 heterocycles. The third kappa shape index (κ3) is 3.90. The molecule has 1 N–H and O–H groups in total. The standard InChI is InChI=1S/C21H15ClN2O4/c1-3-9-28-16-6-4-5-14(10-16)11-17-19(25)23-21(27)24(20(17)26)15-8-7-13(2)18(22)12-15/h1,4-8,10-12H,9H2,2H3,(H,23,25,27)/b17-11-. The van der Waals surface area contributed by atoms with Crippen molar-refractivity contribution >= 4 is 41.2 Å². The SMILES string of the molecule is C#CCOc1cccc(/C=C2/C(=O)NC(=O)N(c3ccc(C)c(Cl)c3)C2=O)c1. The van der Waals surface area contributed by atoms with Crippen molar-refractivity contribution in [3.8, 4) is 18.1 Å². The van der Waals surface area contributed by atoms with Crippen LogP contribution in [0.4, 0.5) is 10.5 Å². The van der Waals surface area contributed by atoms with Crippen LogP contribution in [0.1, 0.15) is 11.1 Å². The maximum Gasteiger partial charge on any atom is 0.335 e. The molecule has 1 aliphatic rings. The Morgan fingerprint density at radius 3 is 2.71 bits per heavy atom. The zero-order chi connectivity index (χ0) is 20.3. The van der Waals surface area contributed by atoms with Gasteiger partial charge in [0.15, 0.2) is 0 Å². The van der Waals surface area contributed by atoms with Crippen LogP contribution in [-0.2, 0) is 9.59 Å². The van der Waals surface area contributed by atoms with Gasteiger partial charge in [0.25, 0.3) is 11.8 Å². The molecule has 1 saturated heterocycles. The summed E-state index contributed by atoms with van der Waals surface area (Å²) in [5, 5.41) is 2.57. The molecule has 28 heavy (non-hydrogen) atoms. The van der Waals surface area contributed by atoms with Crippen molar-refractivity contribution in [1.29, 1.82) is 0 Å². The molecular formula is C21H15ClN2O4. The number of nitrogens with zero attached hydrogens (tertiary/aromatic N) is 1. The van der Waals surface area contributed by atoms with Crippen molar-refractivity contribution in [2.75, 3.05) is 11.5 Å². The average Bonchev–Trinajstić information content (AvgIpc) is 2.66. The van der Waals surface area contributed by atoms with E-state index >= 15 is 0 Å². The van der Waals surface area contributed by atoms with Crippen LogP contribution in [0.5, 0.6) is 5.75 Å². The van der Waals surface area contributed by atoms with Gasteiger partial charge < -0.3 is 4.74 Å². The summed E-state index contributed by atoms with van der Waals surface area (Å²) in [6.45, 7) is 1.89. The fourth-order valence-electron chi connectivity index (χ4n) is 2.60. The molecule has 1 aliphatic heterocycles. The number of urea groups is 1. The monoisotopic (exact) mass is 394 g/mol. The molecule has 140 valence electrons. The number of amides is 4. The molecular weight excluding hydrogens is 380 g/mol. The Morgan fingerprint density at radius 2 is 2.00 bits per heavy atom. The molecule has 2 aromatic rings. The van der Waals surface area contributed by atoms with Gasteiger partial charge in [-0.15, -0.1) is 6.42 Å². The largest absolute Gasteiger partial charge is 0.481 e. The Hall–Kier alpha value is -3.56. The van der Waals surface area contributed by atoms with E-state index < -0.39 is 17.8 Å². The number of ether oxygens (including phenoxy) is 1. The molecule has 0 saturated carbocycles. The van der Waals surface area contributed by atoms with Crippen molar-refractivity contribution in [1.82, 2.24) is 5.32 Å². The maximum atomic E-state index is 12.9. The summed E-state index contributed by atoms with van der Waals surface area (Å²) in [4.78, 5) is 38.2. The Bertz CT molecular complexity index is 1050. The van der Waals surface area contributed by atoms with Gasteiger partial charge in [-0.05, 0) is 48.4 Å². The second-order valence-electron chi connectivity index (χ2n) is 5.96. The third-order valence-electron chi connectivity index (χ3n) is 4.01. The van der Waals surface area contributed by atoms with E-state index in [9.17, 15) is 14.4 Å². The van der Waals surface area contributed by atoms with E-state index in [4.69, 9.17) is 22.8 Å². The summed E-state index contributed by atoms with van der Waals surface area (Å²) >= 11 is 6.10. The lowest BCUT2D eigenvalue weighted by molar-refractivity contribution is -0.122. The van der Waals surface area contributed by atoms with E-state index in [2.05, 4.69) is 11.2 Å². The lowest BCUT2D eigenvalue weighted by Gasteiger charge is -2.26. The van der Waals surface area contributed by atoms with E-state index in [-0.39, 0.29) is 17.9 Å². The van der Waals surface area contributed by atoms with E-state index in [0.29, 0.717) is 16.3 Å². The zero-order valence-corrected chi connectivity index (χ0v) is 15.6. The summed E-state index contributed by atoms with van der Waals surface area (Å²) in [6, 6.07) is 10.7. The lowest BCUT2D eigenvalue weighted by Crippen LogP contribution is -2.54. The van der Waals surface area contributed by atoms with Crippen molar-refractivity contribution in [2.24, 2.45) is 0 Å². The zero-order valence-electron chi connectivity index (χ0n) is 14.9. The molecule has 4 amide bonds. The number of anilines is 1. The van der Waals surface area contributed by atoms with Gasteiger partial charge in [0.1, 0.15) is 17.9 Å². The van der Waals surface area contributed by atoms with Crippen molar-refractivity contribution in [2.45, 2.75) is 6.92 Å². The molecule has 0 atom stereocenters. The highest BCUT2D eigenvalue weighted by Gasteiger charge is 2.36. The van der Waals surface area contributed by atoms with Crippen LogP contribution in [0.15, 0.2) is 48.0 Å². The predicted octanol–water partition coefficient (Wildman–Crippen LogP) is 3.33. The topological polar surface area (TPSA) is 75.7 Å². The minimum atomic E-state index is -0.835. The summed E-state index contributed by atoms with van der Waals surface area (Å²) in [7, 11) is 0. The number of carbonyl (C=O) groups excluding carboxylic acids is 3. The smallest absolute Gasteiger partial charge is 0.335 e. The summed E-state index contributed by atoms with van der Waals surface area (Å²) in [6.07, 6.45) is 6.56. The molecule has 0 aromatic heterocycles. The Morgan fingerprint density at radius 1 is 1.21 bits per heavy atom. The summed E-state index contributed by atoms with van der Waals surface area (Å²) < 4.78 is 5.34. The van der Waals surface area contributed by atoms with E-state index in [1.165, 1.54) is 12.1 Å². The quantitative estimate of drug-likeness (QED) is 0.490. The molecule has 1 fully saturated rings. The highest BCUT2D eigenvalue weighted by Crippen LogP contribution is 2.27. The van der Waals surface area contributed by atoms with Crippen LogP contribution in [0.25, 0.3) is 6.08 Å². The number of imide groups is 2. The second-order valence-corrected chi connectivity index (χ2v) is 6.36. The van der Waals surface area contributed by atoms with Crippen LogP contribution in [0.2, 0.25) is 5.02 Å². The first kappa shape index (κ1) is 19.2. The number of carbonyl (C=O) groups is 3. The minimum Gasteiger partial charge on any atom is -0.481 e. The molecule has 0 radical (unpaired) electrons. The molecule has 6 nitrogen and oxygen atoms in total. The molecule has 0 aliphatic carbocycles. The highest BCUT2D eigenvalue weighted by molar-refractivity contribution is 6.39. The van der Waals surface area contributed by atoms with Gasteiger partial charge in [-0.1, -0.05) is 35.7 Å². The van der Waals surface area contributed by atoms with Crippen LogP contribution in [0.3, 0.4) is 0 Å². The van der Waals surface area contributed by atoms with Gasteiger partial charge in [0.2, 0.25) is 0 Å². The molecule has 3 rings (SSSR count). The van der Waals surface area contributed by atoms with Gasteiger partial charge in [0, 0.05) is 5.02 Å². The third-order valence-corrected chi connectivity index (χ3v) is 4.41. The van der Waals surface area contributed by atoms with Gasteiger partial charge >= 0.3 is 6.03 Å². The average molecular weight is 395 g/mol. The normalized spacial score (nSPS) is 15.4. The maximum absolute atomic E-state index is 12.9. The number of barbiturate groups is 1. The van der Waals surface area contributed by atoms with Crippen LogP contribution in [-0.4, -0.2) is 24.5 Å². The van der Waals surface area contributed by atoms with Crippen LogP contribution in [0, 0.1) is 19.3 Å². The second kappa shape index (κ2) is 7.99. The number of halogens is 1. The fourth-order valence-corrected chi connectivity index (χ4v) is 2.77. The van der Waals surface area contributed by atoms with Crippen molar-refractivity contribution < 1.29 is 19.1 Å².